The minimum Gasteiger partial charge on any atom is -0.472 e. The molecule has 1 saturated carbocycles. The molecule has 1 aliphatic rings. The van der Waals surface area contributed by atoms with Crippen molar-refractivity contribution in [3.05, 3.63) is 17.7 Å². The summed E-state index contributed by atoms with van der Waals surface area (Å²) in [6.45, 7) is 0. The van der Waals surface area contributed by atoms with Gasteiger partial charge in [-0.3, -0.25) is 0 Å². The van der Waals surface area contributed by atoms with Crippen LogP contribution < -0.4 is 4.74 Å². The van der Waals surface area contributed by atoms with E-state index in [9.17, 15) is 0 Å². The van der Waals surface area contributed by atoms with E-state index >= 15 is 0 Å². The third-order valence-electron chi connectivity index (χ3n) is 2.78. The van der Waals surface area contributed by atoms with Crippen LogP contribution in [0.4, 0.5) is 0 Å². The maximum absolute atomic E-state index is 5.82. The lowest BCUT2D eigenvalue weighted by atomic mass is 10.3. The van der Waals surface area contributed by atoms with Crippen molar-refractivity contribution in [3.8, 4) is 5.88 Å². The number of imidazole rings is 1. The molecule has 2 heterocycles. The molecule has 0 unspecified atom stereocenters. The number of fused-ring (bicyclic) bond motifs is 1. The van der Waals surface area contributed by atoms with Crippen molar-refractivity contribution in [1.82, 2.24) is 19.6 Å². The van der Waals surface area contributed by atoms with Gasteiger partial charge in [0.05, 0.1) is 0 Å². The molecule has 0 aliphatic heterocycles. The fourth-order valence-electron chi connectivity index (χ4n) is 2.02. The number of halogens is 1. The number of nitrogens with zero attached hydrogens (tertiary/aromatic N) is 4. The fraction of sp³-hybridized carbons (Fsp3) is 0.500. The maximum atomic E-state index is 5.82. The first-order valence-electron chi connectivity index (χ1n) is 5.36. The predicted molar refractivity (Wildman–Crippen MR) is 58.7 cm³/mol. The molecule has 6 heteroatoms. The van der Waals surface area contributed by atoms with E-state index in [1.54, 1.807) is 16.9 Å². The van der Waals surface area contributed by atoms with Gasteiger partial charge in [-0.05, 0) is 37.3 Å². The summed E-state index contributed by atoms with van der Waals surface area (Å²) in [5, 5.41) is 4.18. The first kappa shape index (κ1) is 9.84. The van der Waals surface area contributed by atoms with E-state index in [2.05, 4.69) is 15.1 Å². The molecule has 16 heavy (non-hydrogen) atoms. The summed E-state index contributed by atoms with van der Waals surface area (Å²) >= 11 is 5.82. The van der Waals surface area contributed by atoms with Crippen LogP contribution in [0.1, 0.15) is 25.7 Å². The van der Waals surface area contributed by atoms with Crippen LogP contribution in [-0.4, -0.2) is 25.7 Å². The number of hydrogen-bond acceptors (Lipinski definition) is 4. The van der Waals surface area contributed by atoms with Crippen LogP contribution in [0.5, 0.6) is 5.88 Å². The predicted octanol–water partition coefficient (Wildman–Crippen LogP) is 2.10. The third-order valence-corrected chi connectivity index (χ3v) is 2.94. The van der Waals surface area contributed by atoms with Gasteiger partial charge in [-0.1, -0.05) is 0 Å². The largest absolute Gasteiger partial charge is 0.472 e. The van der Waals surface area contributed by atoms with Gasteiger partial charge in [0.25, 0.3) is 5.88 Å². The number of hydrogen-bond donors (Lipinski definition) is 0. The van der Waals surface area contributed by atoms with Gasteiger partial charge in [-0.2, -0.15) is 4.98 Å². The first-order chi connectivity index (χ1) is 7.83. The normalized spacial score (nSPS) is 17.1. The Morgan fingerprint density at radius 1 is 1.38 bits per heavy atom. The van der Waals surface area contributed by atoms with Crippen molar-refractivity contribution in [2.24, 2.45) is 0 Å². The second kappa shape index (κ2) is 3.90. The standard InChI is InChI=1S/C10H11ClN4O/c11-10-13-9(16-7-3-1-2-4-7)8-12-5-6-15(8)14-10/h5-7H,1-4H2. The molecule has 1 fully saturated rings. The van der Waals surface area contributed by atoms with Crippen LogP contribution in [0.3, 0.4) is 0 Å². The highest BCUT2D eigenvalue weighted by atomic mass is 35.5. The highest BCUT2D eigenvalue weighted by Crippen LogP contribution is 2.25. The average molecular weight is 239 g/mol. The van der Waals surface area contributed by atoms with Crippen molar-refractivity contribution in [2.75, 3.05) is 0 Å². The SMILES string of the molecule is Clc1nc(OC2CCCC2)c2nccn2n1. The van der Waals surface area contributed by atoms with E-state index in [1.807, 2.05) is 0 Å². The van der Waals surface area contributed by atoms with E-state index in [1.165, 1.54) is 12.8 Å². The lowest BCUT2D eigenvalue weighted by Crippen LogP contribution is -2.13. The number of ether oxygens (including phenoxy) is 1. The molecule has 84 valence electrons. The van der Waals surface area contributed by atoms with Gasteiger partial charge in [-0.15, -0.1) is 5.10 Å². The number of rotatable bonds is 2. The van der Waals surface area contributed by atoms with Crippen LogP contribution >= 0.6 is 11.6 Å². The van der Waals surface area contributed by atoms with E-state index in [4.69, 9.17) is 16.3 Å². The van der Waals surface area contributed by atoms with Gasteiger partial charge in [0, 0.05) is 12.4 Å². The Kier molecular flexibility index (Phi) is 2.40. The Morgan fingerprint density at radius 2 is 2.19 bits per heavy atom. The van der Waals surface area contributed by atoms with E-state index < -0.39 is 0 Å². The first-order valence-corrected chi connectivity index (χ1v) is 5.74. The van der Waals surface area contributed by atoms with Gasteiger partial charge in [-0.25, -0.2) is 9.50 Å². The second-order valence-electron chi connectivity index (χ2n) is 3.91. The van der Waals surface area contributed by atoms with Crippen LogP contribution in [0.25, 0.3) is 5.65 Å². The minimum atomic E-state index is 0.179. The molecule has 0 aromatic carbocycles. The molecule has 0 amide bonds. The van der Waals surface area contributed by atoms with Crippen LogP contribution in [-0.2, 0) is 0 Å². The van der Waals surface area contributed by atoms with Crippen molar-refractivity contribution in [2.45, 2.75) is 31.8 Å². The minimum absolute atomic E-state index is 0.179. The van der Waals surface area contributed by atoms with E-state index in [-0.39, 0.29) is 11.4 Å². The van der Waals surface area contributed by atoms with Crippen LogP contribution in [0, 0.1) is 0 Å². The topological polar surface area (TPSA) is 52.3 Å². The van der Waals surface area contributed by atoms with Crippen LogP contribution in [0.15, 0.2) is 12.4 Å². The van der Waals surface area contributed by atoms with Gasteiger partial charge in [0.15, 0.2) is 0 Å². The highest BCUT2D eigenvalue weighted by Gasteiger charge is 2.19. The van der Waals surface area contributed by atoms with Crippen LogP contribution in [0.2, 0.25) is 5.28 Å². The molecule has 0 N–H and O–H groups in total. The van der Waals surface area contributed by atoms with Crippen molar-refractivity contribution in [1.29, 1.82) is 0 Å². The molecule has 0 atom stereocenters. The monoisotopic (exact) mass is 238 g/mol. The summed E-state index contributed by atoms with van der Waals surface area (Å²) in [5.41, 5.74) is 0.622. The number of aromatic nitrogens is 4. The zero-order chi connectivity index (χ0) is 11.0. The lowest BCUT2D eigenvalue weighted by molar-refractivity contribution is 0.202. The highest BCUT2D eigenvalue weighted by molar-refractivity contribution is 6.28. The maximum Gasteiger partial charge on any atom is 0.262 e. The average Bonchev–Trinajstić information content (AvgIpc) is 2.87. The smallest absolute Gasteiger partial charge is 0.262 e. The summed E-state index contributed by atoms with van der Waals surface area (Å²) < 4.78 is 7.39. The Morgan fingerprint density at radius 3 is 3.00 bits per heavy atom. The molecular formula is C10H11ClN4O. The quantitative estimate of drug-likeness (QED) is 0.804. The molecule has 0 bridgehead atoms. The molecule has 2 aromatic rings. The molecule has 3 rings (SSSR count). The van der Waals surface area contributed by atoms with Crippen molar-refractivity contribution >= 4 is 17.2 Å². The summed E-state index contributed by atoms with van der Waals surface area (Å²) in [5.74, 6) is 0.483. The van der Waals surface area contributed by atoms with Gasteiger partial charge >= 0.3 is 0 Å². The van der Waals surface area contributed by atoms with Gasteiger partial charge < -0.3 is 4.74 Å². The van der Waals surface area contributed by atoms with Crippen molar-refractivity contribution < 1.29 is 4.74 Å². The summed E-state index contributed by atoms with van der Waals surface area (Å²) in [7, 11) is 0. The van der Waals surface area contributed by atoms with Crippen molar-refractivity contribution in [3.63, 3.8) is 0 Å². The molecule has 2 aromatic heterocycles. The molecule has 1 aliphatic carbocycles. The molecule has 0 spiro atoms. The van der Waals surface area contributed by atoms with E-state index in [0.717, 1.165) is 12.8 Å². The molecule has 0 radical (unpaired) electrons. The van der Waals surface area contributed by atoms with E-state index in [0.29, 0.717) is 11.5 Å². The summed E-state index contributed by atoms with van der Waals surface area (Å²) in [6, 6.07) is 0. The van der Waals surface area contributed by atoms with Gasteiger partial charge in [0.1, 0.15) is 6.10 Å². The Hall–Kier alpha value is -1.36. The Balaban J connectivity index is 1.97. The molecule has 0 saturated heterocycles. The fourth-order valence-corrected chi connectivity index (χ4v) is 2.18. The lowest BCUT2D eigenvalue weighted by Gasteiger charge is -2.12. The zero-order valence-corrected chi connectivity index (χ0v) is 9.39. The van der Waals surface area contributed by atoms with Gasteiger partial charge in [0.2, 0.25) is 10.9 Å². The molecule has 5 nitrogen and oxygen atoms in total. The second-order valence-corrected chi connectivity index (χ2v) is 4.24. The third kappa shape index (κ3) is 1.71. The molecular weight excluding hydrogens is 228 g/mol. The Bertz CT molecular complexity index is 506. The Labute approximate surface area is 97.4 Å². The summed E-state index contributed by atoms with van der Waals surface area (Å²) in [6.07, 6.45) is 8.21. The zero-order valence-electron chi connectivity index (χ0n) is 8.64. The summed E-state index contributed by atoms with van der Waals surface area (Å²) in [4.78, 5) is 8.24.